The summed E-state index contributed by atoms with van der Waals surface area (Å²) in [6, 6.07) is 35.6. The minimum atomic E-state index is -2.74. The highest BCUT2D eigenvalue weighted by atomic mass is 19.2. The third-order valence-electron chi connectivity index (χ3n) is 18.7. The Kier molecular flexibility index (Phi) is 18.2. The number of imide groups is 2. The molecule has 15 aromatic carbocycles. The molecule has 0 aliphatic carbocycles. The van der Waals surface area contributed by atoms with E-state index in [0.29, 0.717) is 36.4 Å². The highest BCUT2D eigenvalue weighted by molar-refractivity contribution is 6.48. The number of anilines is 2. The molecule has 0 spiro atoms. The van der Waals surface area contributed by atoms with E-state index in [2.05, 4.69) is 0 Å². The molecule has 14 nitrogen and oxygen atoms in total. The van der Waals surface area contributed by atoms with Crippen molar-refractivity contribution in [1.82, 2.24) is 0 Å². The zero-order valence-corrected chi connectivity index (χ0v) is 57.7. The first kappa shape index (κ1) is 75.6. The number of carbonyl (C=O) groups excluding carboxylic acids is 4. The third-order valence-corrected chi connectivity index (χ3v) is 18.7. The number of carbonyl (C=O) groups is 4. The zero-order valence-electron chi connectivity index (χ0n) is 57.7. The Morgan fingerprint density at radius 2 is 0.356 bits per heavy atom. The quantitative estimate of drug-likeness (QED) is 0.0201. The number of hydrogen-bond acceptors (Lipinski definition) is 12. The lowest BCUT2D eigenvalue weighted by Gasteiger charge is -2.33. The molecule has 0 saturated carbocycles. The third kappa shape index (κ3) is 11.7. The number of rotatable bonds is 18. The summed E-state index contributed by atoms with van der Waals surface area (Å²) in [5.41, 5.74) is -6.06. The number of amides is 4. The van der Waals surface area contributed by atoms with Gasteiger partial charge in [-0.2, -0.15) is 35.1 Å². The van der Waals surface area contributed by atoms with Crippen molar-refractivity contribution in [2.75, 3.05) is 9.80 Å². The largest absolute Gasteiger partial charge is 0.457 e. The van der Waals surface area contributed by atoms with Crippen molar-refractivity contribution in [1.29, 1.82) is 0 Å². The van der Waals surface area contributed by atoms with Gasteiger partial charge in [0.1, 0.15) is 57.4 Å². The van der Waals surface area contributed by atoms with E-state index in [9.17, 15) is 17.6 Å². The summed E-state index contributed by atoms with van der Waals surface area (Å²) in [6.07, 6.45) is 0. The van der Waals surface area contributed by atoms with Gasteiger partial charge in [-0.05, 0) is 97.1 Å². The Labute approximate surface area is 643 Å². The van der Waals surface area contributed by atoms with Crippen LogP contribution in [0.4, 0.5) is 99.2 Å². The highest BCUT2D eigenvalue weighted by Crippen LogP contribution is 2.60. The maximum Gasteiger partial charge on any atom is 0.266 e. The van der Waals surface area contributed by atoms with Crippen molar-refractivity contribution in [3.8, 4) is 92.0 Å². The molecule has 2 aliphatic heterocycles. The van der Waals surface area contributed by atoms with Crippen LogP contribution in [-0.2, 0) is 0 Å². The molecule has 0 fully saturated rings. The molecule has 2 heterocycles. The summed E-state index contributed by atoms with van der Waals surface area (Å²) in [4.78, 5) is 65.9. The van der Waals surface area contributed by atoms with Crippen molar-refractivity contribution in [2.45, 2.75) is 0 Å². The smallest absolute Gasteiger partial charge is 0.266 e. The van der Waals surface area contributed by atoms with Crippen LogP contribution in [0, 0.1) is 116 Å². The van der Waals surface area contributed by atoms with Crippen molar-refractivity contribution in [2.24, 2.45) is 0 Å². The van der Waals surface area contributed by atoms with Crippen LogP contribution in [0.25, 0.3) is 43.1 Å². The molecule has 34 heteroatoms. The van der Waals surface area contributed by atoms with Crippen LogP contribution >= 0.6 is 0 Å². The van der Waals surface area contributed by atoms with Gasteiger partial charge in [-0.15, -0.1) is 0 Å². The number of nitrogens with zero attached hydrogens (tertiary/aromatic N) is 2. The lowest BCUT2D eigenvalue weighted by atomic mass is 9.80. The number of ether oxygens (including phenoxy) is 8. The van der Waals surface area contributed by atoms with Gasteiger partial charge in [0, 0.05) is 43.1 Å². The van der Waals surface area contributed by atoms with Crippen LogP contribution in [0.5, 0.6) is 92.0 Å². The minimum absolute atomic E-state index is 0.0221. The normalized spacial score (nSPS) is 12.6. The Balaban J connectivity index is 1.00. The molecule has 17 rings (SSSR count). The monoisotopic (exact) mass is 1640 g/mol. The molecular weight excluding hydrogens is 1610 g/mol. The summed E-state index contributed by atoms with van der Waals surface area (Å²) < 4.78 is 356. The fourth-order valence-electron chi connectivity index (χ4n) is 13.6. The molecule has 0 atom stereocenters. The second-order valence-electron chi connectivity index (χ2n) is 25.5. The van der Waals surface area contributed by atoms with Gasteiger partial charge in [-0.25, -0.2) is 62.5 Å². The number of para-hydroxylation sites is 6. The van der Waals surface area contributed by atoms with E-state index >= 15 is 89.4 Å². The number of hydrogen-bond donors (Lipinski definition) is 0. The second-order valence-corrected chi connectivity index (χ2v) is 25.5. The first-order valence-electron chi connectivity index (χ1n) is 33.6. The standard InChI is InChI=1S/C84H30F20N2O12/c85-55-59(89)67(97)77(68(98)60(55)90)115-39-23-13-24-40(116-78-69(99)61(91)56(86)62(92)70(78)100)75(39)105-81(107)35-27-43(111-31-15-5-1-6-16-31)49-50-44(112-32-17-7-2-8-18-32)28-37-48-38(30-46(114-34-21-11-4-12-22-34)52(54(48)50)51-45(113-33-19-9-3-10-20-33)29-36(82(105)108)47(35)53(49)51)84(110)106(83(37)109)76-41(117-79-71(101)63(93)57(87)64(94)72(79)102)25-14-26-42(76)118-80-73(103)65(95)58(88)66(96)74(80)104/h1-30H. The van der Waals surface area contributed by atoms with Gasteiger partial charge >= 0.3 is 0 Å². The fourth-order valence-corrected chi connectivity index (χ4v) is 13.6. The van der Waals surface area contributed by atoms with Gasteiger partial charge in [0.05, 0.1) is 22.3 Å². The fraction of sp³-hybridized carbons (Fsp3) is 0. The Hall–Kier alpha value is -15.1. The van der Waals surface area contributed by atoms with E-state index in [0.717, 1.165) is 24.3 Å². The molecule has 0 aromatic heterocycles. The minimum Gasteiger partial charge on any atom is -0.457 e. The van der Waals surface area contributed by atoms with Crippen molar-refractivity contribution < 1.29 is 145 Å². The molecular formula is C84H30F20N2O12. The molecule has 588 valence electrons. The molecule has 0 unspecified atom stereocenters. The van der Waals surface area contributed by atoms with Gasteiger partial charge in [0.25, 0.3) is 23.6 Å². The maximum atomic E-state index is 16.5. The zero-order chi connectivity index (χ0) is 83.2. The van der Waals surface area contributed by atoms with Crippen LogP contribution in [-0.4, -0.2) is 23.6 Å². The topological polar surface area (TPSA) is 149 Å². The summed E-state index contributed by atoms with van der Waals surface area (Å²) in [5.74, 6) is -78.1. The van der Waals surface area contributed by atoms with E-state index in [1.807, 2.05) is 0 Å². The Morgan fingerprint density at radius 3 is 0.542 bits per heavy atom. The Morgan fingerprint density at radius 1 is 0.178 bits per heavy atom. The molecule has 0 bridgehead atoms. The van der Waals surface area contributed by atoms with Gasteiger partial charge in [-0.1, -0.05) is 84.9 Å². The van der Waals surface area contributed by atoms with E-state index in [4.69, 9.17) is 37.9 Å². The lowest BCUT2D eigenvalue weighted by molar-refractivity contribution is 0.0876. The molecule has 15 aromatic rings. The summed E-state index contributed by atoms with van der Waals surface area (Å²) >= 11 is 0. The second kappa shape index (κ2) is 28.5. The van der Waals surface area contributed by atoms with E-state index in [-0.39, 0.29) is 65.1 Å². The summed E-state index contributed by atoms with van der Waals surface area (Å²) in [7, 11) is 0. The van der Waals surface area contributed by atoms with Crippen molar-refractivity contribution >= 4 is 78.1 Å². The SMILES string of the molecule is O=C1c2cc(Oc3ccccc3)c3c4c(Oc5ccccc5)cc5c6c(cc(Oc7ccccc7)c(c7c(Oc8ccccc8)cc(c2c37)C(=O)N1c1c(Oc2c(F)c(F)c(F)c(F)c2F)cccc1Oc1c(F)c(F)c(F)c(F)c1F)c64)C(=O)N(c1c(Oc2c(F)c(F)c(F)c(F)c2F)cccc1Oc1c(F)c(F)c(F)c(F)c1F)C5=O. The van der Waals surface area contributed by atoms with E-state index < -0.39 is 253 Å². The molecule has 118 heavy (non-hydrogen) atoms. The van der Waals surface area contributed by atoms with Crippen LogP contribution in [0.3, 0.4) is 0 Å². The first-order chi connectivity index (χ1) is 56.6. The van der Waals surface area contributed by atoms with Crippen molar-refractivity contribution in [3.63, 3.8) is 0 Å². The summed E-state index contributed by atoms with van der Waals surface area (Å²) in [5, 5.41) is -3.24. The van der Waals surface area contributed by atoms with E-state index in [1.165, 1.54) is 121 Å². The molecule has 0 saturated heterocycles. The molecule has 0 radical (unpaired) electrons. The number of fused-ring (bicyclic) bond motifs is 2. The Bertz CT molecular complexity index is 6020. The first-order valence-corrected chi connectivity index (χ1v) is 33.6. The van der Waals surface area contributed by atoms with Gasteiger partial charge in [-0.3, -0.25) is 19.2 Å². The van der Waals surface area contributed by atoms with Crippen LogP contribution < -0.4 is 47.7 Å². The number of halogens is 20. The average Bonchev–Trinajstić information content (AvgIpc) is 0.668. The number of benzene rings is 15. The highest BCUT2D eigenvalue weighted by Gasteiger charge is 2.47. The van der Waals surface area contributed by atoms with E-state index in [1.54, 1.807) is 0 Å². The molecule has 2 aliphatic rings. The molecule has 4 amide bonds. The molecule has 0 N–H and O–H groups in total. The van der Waals surface area contributed by atoms with Gasteiger partial charge in [0.2, 0.25) is 139 Å². The predicted octanol–water partition coefficient (Wildman–Crippen LogP) is 24.5. The summed E-state index contributed by atoms with van der Waals surface area (Å²) in [6.45, 7) is 0. The van der Waals surface area contributed by atoms with Gasteiger partial charge < -0.3 is 37.9 Å². The lowest BCUT2D eigenvalue weighted by Crippen LogP contribution is -2.41. The van der Waals surface area contributed by atoms with Crippen molar-refractivity contribution in [3.05, 3.63) is 321 Å². The van der Waals surface area contributed by atoms with Crippen LogP contribution in [0.15, 0.2) is 182 Å². The predicted molar refractivity (Wildman–Crippen MR) is 374 cm³/mol. The van der Waals surface area contributed by atoms with Crippen LogP contribution in [0.2, 0.25) is 0 Å². The maximum absolute atomic E-state index is 16.5. The average molecular weight is 1640 g/mol. The van der Waals surface area contributed by atoms with Crippen LogP contribution in [0.1, 0.15) is 41.4 Å². The van der Waals surface area contributed by atoms with Gasteiger partial charge in [0.15, 0.2) is 23.0 Å².